The molecular weight excluding hydrogens is 355 g/mol. The standard InChI is InChI=1S/C19H16F3N5/c20-19(21,22)17-2-1-13(9-24-17)11-27-8-5-15-10-25-18(26-16(15)12-27)14-3-6-23-7-4-14/h1-4,6-7,9-10H,5,8,11-12H2. The predicted molar refractivity (Wildman–Crippen MR) is 92.3 cm³/mol. The molecular formula is C19H16F3N5. The number of rotatable bonds is 3. The fraction of sp³-hybridized carbons (Fsp3) is 0.263. The van der Waals surface area contributed by atoms with Gasteiger partial charge in [-0.05, 0) is 35.7 Å². The van der Waals surface area contributed by atoms with Gasteiger partial charge in [-0.15, -0.1) is 0 Å². The number of halogens is 3. The normalized spacial score (nSPS) is 14.8. The van der Waals surface area contributed by atoms with Crippen LogP contribution in [0.1, 0.15) is 22.5 Å². The van der Waals surface area contributed by atoms with Gasteiger partial charge in [-0.3, -0.25) is 14.9 Å². The summed E-state index contributed by atoms with van der Waals surface area (Å²) in [5.74, 6) is 0.647. The Morgan fingerprint density at radius 1 is 1.00 bits per heavy atom. The maximum absolute atomic E-state index is 12.6. The molecule has 0 aliphatic carbocycles. The molecule has 0 radical (unpaired) electrons. The van der Waals surface area contributed by atoms with Crippen molar-refractivity contribution >= 4 is 0 Å². The Bertz CT molecular complexity index is 926. The number of nitrogens with zero attached hydrogens (tertiary/aromatic N) is 5. The molecule has 8 heteroatoms. The molecule has 0 N–H and O–H groups in total. The second kappa shape index (κ2) is 7.03. The van der Waals surface area contributed by atoms with Gasteiger partial charge in [0.1, 0.15) is 5.69 Å². The third-order valence-corrected chi connectivity index (χ3v) is 4.48. The van der Waals surface area contributed by atoms with E-state index in [1.165, 1.54) is 12.3 Å². The van der Waals surface area contributed by atoms with E-state index >= 15 is 0 Å². The van der Waals surface area contributed by atoms with Crippen molar-refractivity contribution in [1.82, 2.24) is 24.8 Å². The lowest BCUT2D eigenvalue weighted by Crippen LogP contribution is -2.31. The average Bonchev–Trinajstić information content (AvgIpc) is 2.68. The number of alkyl halides is 3. The smallest absolute Gasteiger partial charge is 0.293 e. The molecule has 1 aliphatic heterocycles. The maximum atomic E-state index is 12.6. The van der Waals surface area contributed by atoms with E-state index < -0.39 is 11.9 Å². The monoisotopic (exact) mass is 371 g/mol. The highest BCUT2D eigenvalue weighted by Gasteiger charge is 2.32. The van der Waals surface area contributed by atoms with Crippen LogP contribution >= 0.6 is 0 Å². The summed E-state index contributed by atoms with van der Waals surface area (Å²) in [5.41, 5.74) is 2.83. The average molecular weight is 371 g/mol. The van der Waals surface area contributed by atoms with Crippen molar-refractivity contribution in [3.8, 4) is 11.4 Å². The molecule has 0 spiro atoms. The molecule has 138 valence electrons. The van der Waals surface area contributed by atoms with Crippen LogP contribution in [-0.2, 0) is 25.7 Å². The number of aromatic nitrogens is 4. The molecule has 1 aliphatic rings. The highest BCUT2D eigenvalue weighted by molar-refractivity contribution is 5.54. The second-order valence-corrected chi connectivity index (χ2v) is 6.41. The number of fused-ring (bicyclic) bond motifs is 1. The van der Waals surface area contributed by atoms with Gasteiger partial charge >= 0.3 is 6.18 Å². The Labute approximate surface area is 153 Å². The van der Waals surface area contributed by atoms with Gasteiger partial charge in [0, 0.05) is 50.0 Å². The van der Waals surface area contributed by atoms with Gasteiger partial charge in [-0.25, -0.2) is 9.97 Å². The van der Waals surface area contributed by atoms with Gasteiger partial charge in [0.15, 0.2) is 5.82 Å². The van der Waals surface area contributed by atoms with Crippen LogP contribution in [0.15, 0.2) is 49.1 Å². The van der Waals surface area contributed by atoms with Gasteiger partial charge in [0.25, 0.3) is 0 Å². The molecule has 0 saturated carbocycles. The van der Waals surface area contributed by atoms with E-state index in [4.69, 9.17) is 0 Å². The minimum absolute atomic E-state index is 0.527. The van der Waals surface area contributed by atoms with E-state index in [0.717, 1.165) is 41.4 Å². The van der Waals surface area contributed by atoms with E-state index in [1.807, 2.05) is 18.3 Å². The largest absolute Gasteiger partial charge is 0.433 e. The minimum atomic E-state index is -4.41. The first-order valence-electron chi connectivity index (χ1n) is 8.49. The predicted octanol–water partition coefficient (Wildman–Crippen LogP) is 3.51. The molecule has 27 heavy (non-hydrogen) atoms. The molecule has 0 amide bonds. The number of hydrogen-bond acceptors (Lipinski definition) is 5. The molecule has 4 rings (SSSR count). The summed E-state index contributed by atoms with van der Waals surface area (Å²) in [5, 5.41) is 0. The first-order valence-corrected chi connectivity index (χ1v) is 8.49. The highest BCUT2D eigenvalue weighted by Crippen LogP contribution is 2.27. The first kappa shape index (κ1) is 17.5. The summed E-state index contributed by atoms with van der Waals surface area (Å²) in [4.78, 5) is 18.8. The zero-order valence-electron chi connectivity index (χ0n) is 14.3. The topological polar surface area (TPSA) is 54.8 Å². The van der Waals surface area contributed by atoms with Crippen LogP contribution in [0.2, 0.25) is 0 Å². The Hall–Kier alpha value is -2.87. The summed E-state index contributed by atoms with van der Waals surface area (Å²) in [6.45, 7) is 1.95. The van der Waals surface area contributed by atoms with Gasteiger partial charge in [-0.2, -0.15) is 13.2 Å². The molecule has 3 aromatic rings. The zero-order chi connectivity index (χ0) is 18.9. The highest BCUT2D eigenvalue weighted by atomic mass is 19.4. The summed E-state index contributed by atoms with van der Waals surface area (Å²) in [6.07, 6.45) is 2.93. The quantitative estimate of drug-likeness (QED) is 0.705. The molecule has 4 heterocycles. The van der Waals surface area contributed by atoms with Gasteiger partial charge in [-0.1, -0.05) is 6.07 Å². The molecule has 0 aromatic carbocycles. The number of pyridine rings is 2. The van der Waals surface area contributed by atoms with E-state index in [2.05, 4.69) is 24.8 Å². The summed E-state index contributed by atoms with van der Waals surface area (Å²) in [6, 6.07) is 6.22. The van der Waals surface area contributed by atoms with E-state index in [-0.39, 0.29) is 0 Å². The van der Waals surface area contributed by atoms with Crippen molar-refractivity contribution in [2.24, 2.45) is 0 Å². The Morgan fingerprint density at radius 2 is 1.81 bits per heavy atom. The lowest BCUT2D eigenvalue weighted by Gasteiger charge is -2.28. The van der Waals surface area contributed by atoms with Crippen LogP contribution in [0.4, 0.5) is 13.2 Å². The third kappa shape index (κ3) is 3.95. The molecule has 5 nitrogen and oxygen atoms in total. The van der Waals surface area contributed by atoms with Crippen molar-refractivity contribution in [3.63, 3.8) is 0 Å². The maximum Gasteiger partial charge on any atom is 0.433 e. The molecule has 3 aromatic heterocycles. The van der Waals surface area contributed by atoms with Gasteiger partial charge < -0.3 is 0 Å². The summed E-state index contributed by atoms with van der Waals surface area (Å²) < 4.78 is 37.9. The molecule has 0 fully saturated rings. The third-order valence-electron chi connectivity index (χ3n) is 4.48. The van der Waals surface area contributed by atoms with Crippen molar-refractivity contribution < 1.29 is 13.2 Å². The zero-order valence-corrected chi connectivity index (χ0v) is 14.3. The van der Waals surface area contributed by atoms with Crippen molar-refractivity contribution in [1.29, 1.82) is 0 Å². The van der Waals surface area contributed by atoms with Crippen LogP contribution in [0.25, 0.3) is 11.4 Å². The van der Waals surface area contributed by atoms with E-state index in [1.54, 1.807) is 12.4 Å². The summed E-state index contributed by atoms with van der Waals surface area (Å²) >= 11 is 0. The molecule has 0 atom stereocenters. The van der Waals surface area contributed by atoms with Crippen LogP contribution in [0.5, 0.6) is 0 Å². The fourth-order valence-electron chi connectivity index (χ4n) is 3.08. The van der Waals surface area contributed by atoms with E-state index in [0.29, 0.717) is 18.9 Å². The first-order chi connectivity index (χ1) is 13.0. The Morgan fingerprint density at radius 3 is 2.52 bits per heavy atom. The molecule has 0 bridgehead atoms. The van der Waals surface area contributed by atoms with Crippen LogP contribution in [-0.4, -0.2) is 31.4 Å². The van der Waals surface area contributed by atoms with E-state index in [9.17, 15) is 13.2 Å². The van der Waals surface area contributed by atoms with Crippen LogP contribution < -0.4 is 0 Å². The van der Waals surface area contributed by atoms with Crippen molar-refractivity contribution in [3.05, 3.63) is 71.6 Å². The minimum Gasteiger partial charge on any atom is -0.293 e. The Kier molecular flexibility index (Phi) is 4.57. The number of hydrogen-bond donors (Lipinski definition) is 0. The fourth-order valence-corrected chi connectivity index (χ4v) is 3.08. The van der Waals surface area contributed by atoms with Crippen LogP contribution in [0.3, 0.4) is 0 Å². The summed E-state index contributed by atoms with van der Waals surface area (Å²) in [7, 11) is 0. The second-order valence-electron chi connectivity index (χ2n) is 6.41. The Balaban J connectivity index is 1.49. The van der Waals surface area contributed by atoms with Gasteiger partial charge in [0.05, 0.1) is 5.69 Å². The molecule has 0 saturated heterocycles. The van der Waals surface area contributed by atoms with Crippen LogP contribution in [0, 0.1) is 0 Å². The lowest BCUT2D eigenvalue weighted by molar-refractivity contribution is -0.141. The van der Waals surface area contributed by atoms with Crippen molar-refractivity contribution in [2.75, 3.05) is 6.54 Å². The SMILES string of the molecule is FC(F)(F)c1ccc(CN2CCc3cnc(-c4ccncc4)nc3C2)cn1. The van der Waals surface area contributed by atoms with Crippen molar-refractivity contribution in [2.45, 2.75) is 25.7 Å². The lowest BCUT2D eigenvalue weighted by atomic mass is 10.1. The molecule has 0 unspecified atom stereocenters. The van der Waals surface area contributed by atoms with Gasteiger partial charge in [0.2, 0.25) is 0 Å².